The molecule has 0 aromatic carbocycles. The molecule has 0 radical (unpaired) electrons. The third kappa shape index (κ3) is 3.11. The molecule has 2 aromatic heterocycles. The third-order valence-electron chi connectivity index (χ3n) is 4.90. The zero-order valence-corrected chi connectivity index (χ0v) is 14.5. The molecule has 2 fully saturated rings. The van der Waals surface area contributed by atoms with Crippen LogP contribution in [0.1, 0.15) is 16.9 Å². The highest BCUT2D eigenvalue weighted by molar-refractivity contribution is 7.09. The van der Waals surface area contributed by atoms with Gasteiger partial charge in [-0.3, -0.25) is 14.4 Å². The molecule has 0 aliphatic carbocycles. The zero-order chi connectivity index (χ0) is 16.5. The lowest BCUT2D eigenvalue weighted by molar-refractivity contribution is -0.127. The molecule has 2 saturated heterocycles. The molecule has 2 aromatic rings. The van der Waals surface area contributed by atoms with E-state index in [4.69, 9.17) is 4.74 Å². The third-order valence-corrected chi connectivity index (χ3v) is 5.77. The first-order valence-corrected chi connectivity index (χ1v) is 9.22. The second-order valence-electron chi connectivity index (χ2n) is 6.55. The number of hydrogen-bond donors (Lipinski definition) is 1. The Morgan fingerprint density at radius 3 is 3.21 bits per heavy atom. The molecule has 0 bridgehead atoms. The highest BCUT2D eigenvalue weighted by Crippen LogP contribution is 2.34. The van der Waals surface area contributed by atoms with Crippen molar-refractivity contribution in [3.05, 3.63) is 40.3 Å². The summed E-state index contributed by atoms with van der Waals surface area (Å²) < 4.78 is 7.72. The van der Waals surface area contributed by atoms with Gasteiger partial charge in [0, 0.05) is 49.4 Å². The van der Waals surface area contributed by atoms with E-state index in [1.54, 1.807) is 11.3 Å². The minimum atomic E-state index is -0.0888. The summed E-state index contributed by atoms with van der Waals surface area (Å²) in [6.45, 7) is 2.92. The SMILES string of the molecule is Cn1cc(CN2C[C@H](C(=O)NCc3cccs3)[C@H]3OCC[C@H]32)cn1. The van der Waals surface area contributed by atoms with Crippen molar-refractivity contribution in [1.29, 1.82) is 0 Å². The van der Waals surface area contributed by atoms with Crippen LogP contribution in [0.2, 0.25) is 0 Å². The van der Waals surface area contributed by atoms with Gasteiger partial charge in [-0.05, 0) is 17.9 Å². The van der Waals surface area contributed by atoms with Gasteiger partial charge in [0.15, 0.2) is 0 Å². The second-order valence-corrected chi connectivity index (χ2v) is 7.58. The van der Waals surface area contributed by atoms with Crippen LogP contribution in [0.3, 0.4) is 0 Å². The Bertz CT molecular complexity index is 699. The van der Waals surface area contributed by atoms with Crippen LogP contribution >= 0.6 is 11.3 Å². The smallest absolute Gasteiger partial charge is 0.227 e. The van der Waals surface area contributed by atoms with Crippen molar-refractivity contribution in [3.63, 3.8) is 0 Å². The first-order chi connectivity index (χ1) is 11.7. The predicted molar refractivity (Wildman–Crippen MR) is 91.4 cm³/mol. The van der Waals surface area contributed by atoms with E-state index in [2.05, 4.69) is 15.3 Å². The molecular formula is C17H22N4O2S. The summed E-state index contributed by atoms with van der Waals surface area (Å²) >= 11 is 1.67. The summed E-state index contributed by atoms with van der Waals surface area (Å²) in [6, 6.07) is 4.39. The Labute approximate surface area is 145 Å². The van der Waals surface area contributed by atoms with Crippen molar-refractivity contribution in [2.75, 3.05) is 13.2 Å². The van der Waals surface area contributed by atoms with E-state index in [0.717, 1.165) is 26.1 Å². The van der Waals surface area contributed by atoms with E-state index < -0.39 is 0 Å². The summed E-state index contributed by atoms with van der Waals surface area (Å²) in [4.78, 5) is 16.2. The standard InChI is InChI=1S/C17H22N4O2S/c1-20-9-12(7-19-20)10-21-11-14(16-15(21)4-5-23-16)17(22)18-8-13-3-2-6-24-13/h2-3,6-7,9,14-16H,4-5,8,10-11H2,1H3,(H,18,22)/t14-,15+,16+/m0/s1. The average Bonchev–Trinajstić information content (AvgIpc) is 3.31. The molecular weight excluding hydrogens is 324 g/mol. The minimum Gasteiger partial charge on any atom is -0.376 e. The number of fused-ring (bicyclic) bond motifs is 1. The fourth-order valence-electron chi connectivity index (χ4n) is 3.79. The van der Waals surface area contributed by atoms with Crippen LogP contribution < -0.4 is 5.32 Å². The molecule has 3 atom stereocenters. The predicted octanol–water partition coefficient (Wildman–Crippen LogP) is 1.39. The topological polar surface area (TPSA) is 59.4 Å². The number of amides is 1. The highest BCUT2D eigenvalue weighted by Gasteiger charge is 2.48. The summed E-state index contributed by atoms with van der Waals surface area (Å²) in [5.74, 6) is 0.0168. The lowest BCUT2D eigenvalue weighted by Gasteiger charge is -2.21. The monoisotopic (exact) mass is 346 g/mol. The van der Waals surface area contributed by atoms with Crippen molar-refractivity contribution in [1.82, 2.24) is 20.0 Å². The molecule has 128 valence electrons. The van der Waals surface area contributed by atoms with Gasteiger partial charge in [-0.25, -0.2) is 0 Å². The normalized spacial score (nSPS) is 26.6. The Balaban J connectivity index is 1.41. The molecule has 4 heterocycles. The number of rotatable bonds is 5. The number of likely N-dealkylation sites (tertiary alicyclic amines) is 1. The van der Waals surface area contributed by atoms with Crippen molar-refractivity contribution in [2.24, 2.45) is 13.0 Å². The van der Waals surface area contributed by atoms with E-state index in [-0.39, 0.29) is 17.9 Å². The van der Waals surface area contributed by atoms with Crippen LogP contribution in [-0.4, -0.2) is 45.9 Å². The molecule has 4 rings (SSSR count). The second kappa shape index (κ2) is 6.66. The molecule has 0 unspecified atom stereocenters. The quantitative estimate of drug-likeness (QED) is 0.889. The fourth-order valence-corrected chi connectivity index (χ4v) is 4.43. The molecule has 6 nitrogen and oxygen atoms in total. The van der Waals surface area contributed by atoms with Gasteiger partial charge < -0.3 is 10.1 Å². The van der Waals surface area contributed by atoms with Gasteiger partial charge in [0.05, 0.1) is 24.8 Å². The first-order valence-electron chi connectivity index (χ1n) is 8.34. The molecule has 1 amide bonds. The van der Waals surface area contributed by atoms with Gasteiger partial charge in [0.2, 0.25) is 5.91 Å². The summed E-state index contributed by atoms with van der Waals surface area (Å²) in [7, 11) is 1.93. The number of ether oxygens (including phenoxy) is 1. The number of nitrogens with one attached hydrogen (secondary N) is 1. The Hall–Kier alpha value is -1.70. The van der Waals surface area contributed by atoms with Gasteiger partial charge >= 0.3 is 0 Å². The molecule has 0 saturated carbocycles. The van der Waals surface area contributed by atoms with Gasteiger partial charge in [0.1, 0.15) is 0 Å². The van der Waals surface area contributed by atoms with Crippen molar-refractivity contribution in [2.45, 2.75) is 31.7 Å². The van der Waals surface area contributed by atoms with E-state index >= 15 is 0 Å². The van der Waals surface area contributed by atoms with Crippen LogP contribution in [-0.2, 0) is 29.7 Å². The summed E-state index contributed by atoms with van der Waals surface area (Å²) in [5, 5.41) is 9.34. The van der Waals surface area contributed by atoms with Crippen LogP contribution in [0.15, 0.2) is 29.9 Å². The number of aromatic nitrogens is 2. The fraction of sp³-hybridized carbons (Fsp3) is 0.529. The summed E-state index contributed by atoms with van der Waals surface area (Å²) in [6.07, 6.45) is 4.95. The van der Waals surface area contributed by atoms with Crippen LogP contribution in [0, 0.1) is 5.92 Å². The van der Waals surface area contributed by atoms with E-state index in [1.165, 1.54) is 10.4 Å². The Kier molecular flexibility index (Phi) is 4.39. The number of carbonyl (C=O) groups is 1. The number of thiophene rings is 1. The van der Waals surface area contributed by atoms with E-state index in [0.29, 0.717) is 12.6 Å². The number of hydrogen-bond acceptors (Lipinski definition) is 5. The summed E-state index contributed by atoms with van der Waals surface area (Å²) in [5.41, 5.74) is 1.18. The van der Waals surface area contributed by atoms with E-state index in [1.807, 2.05) is 41.6 Å². The number of carbonyl (C=O) groups excluding carboxylic acids is 1. The maximum atomic E-state index is 12.7. The van der Waals surface area contributed by atoms with Gasteiger partial charge in [-0.2, -0.15) is 5.10 Å². The van der Waals surface area contributed by atoms with Crippen LogP contribution in [0.5, 0.6) is 0 Å². The molecule has 7 heteroatoms. The molecule has 2 aliphatic rings. The molecule has 0 spiro atoms. The molecule has 24 heavy (non-hydrogen) atoms. The van der Waals surface area contributed by atoms with Gasteiger partial charge in [-0.15, -0.1) is 11.3 Å². The highest BCUT2D eigenvalue weighted by atomic mass is 32.1. The number of aryl methyl sites for hydroxylation is 1. The minimum absolute atomic E-state index is 0.0185. The maximum absolute atomic E-state index is 12.7. The lowest BCUT2D eigenvalue weighted by Crippen LogP contribution is -2.37. The molecule has 2 aliphatic heterocycles. The maximum Gasteiger partial charge on any atom is 0.227 e. The largest absolute Gasteiger partial charge is 0.376 e. The lowest BCUT2D eigenvalue weighted by atomic mass is 10.0. The Morgan fingerprint density at radius 2 is 2.46 bits per heavy atom. The van der Waals surface area contributed by atoms with Gasteiger partial charge in [0.25, 0.3) is 0 Å². The van der Waals surface area contributed by atoms with Crippen molar-refractivity contribution >= 4 is 17.2 Å². The average molecular weight is 346 g/mol. The Morgan fingerprint density at radius 1 is 1.54 bits per heavy atom. The zero-order valence-electron chi connectivity index (χ0n) is 13.7. The molecule has 1 N–H and O–H groups in total. The van der Waals surface area contributed by atoms with Gasteiger partial charge in [-0.1, -0.05) is 6.07 Å². The van der Waals surface area contributed by atoms with Crippen molar-refractivity contribution in [3.8, 4) is 0 Å². The van der Waals surface area contributed by atoms with Crippen molar-refractivity contribution < 1.29 is 9.53 Å². The van der Waals surface area contributed by atoms with Crippen LogP contribution in [0.25, 0.3) is 0 Å². The van der Waals surface area contributed by atoms with E-state index in [9.17, 15) is 4.79 Å². The number of nitrogens with zero attached hydrogens (tertiary/aromatic N) is 3. The van der Waals surface area contributed by atoms with Crippen LogP contribution in [0.4, 0.5) is 0 Å². The first kappa shape index (κ1) is 15.8.